The third kappa shape index (κ3) is 2.71. The third-order valence-electron chi connectivity index (χ3n) is 3.94. The number of hydrazine groups is 1. The summed E-state index contributed by atoms with van der Waals surface area (Å²) in [5.41, 5.74) is 4.20. The van der Waals surface area contributed by atoms with Crippen molar-refractivity contribution < 1.29 is 4.74 Å². The molecule has 10 nitrogen and oxygen atoms in total. The number of pyridine rings is 1. The maximum absolute atomic E-state index is 8.91. The lowest BCUT2D eigenvalue weighted by molar-refractivity contribution is 0.122. The minimum atomic E-state index is 0.443. The molecule has 25 heavy (non-hydrogen) atoms. The monoisotopic (exact) mass is 337 g/mol. The third-order valence-corrected chi connectivity index (χ3v) is 3.94. The van der Waals surface area contributed by atoms with E-state index < -0.39 is 0 Å². The molecule has 4 heterocycles. The molecule has 4 rings (SSSR count). The first-order valence-corrected chi connectivity index (χ1v) is 7.71. The number of aromatic nitrogens is 5. The average Bonchev–Trinajstić information content (AvgIpc) is 3.12. The number of nitrogens with two attached hydrogens (primary N) is 1. The second-order valence-electron chi connectivity index (χ2n) is 5.42. The Morgan fingerprint density at radius 1 is 1.20 bits per heavy atom. The Hall–Kier alpha value is -3.29. The zero-order valence-electron chi connectivity index (χ0n) is 13.3. The smallest absolute Gasteiger partial charge is 0.229 e. The van der Waals surface area contributed by atoms with Crippen LogP contribution in [0.5, 0.6) is 0 Å². The first kappa shape index (κ1) is 15.3. The van der Waals surface area contributed by atoms with Crippen LogP contribution < -0.4 is 16.2 Å². The minimum Gasteiger partial charge on any atom is -0.378 e. The Balaban J connectivity index is 1.83. The van der Waals surface area contributed by atoms with E-state index in [1.54, 1.807) is 23.0 Å². The highest BCUT2D eigenvalue weighted by Crippen LogP contribution is 2.24. The summed E-state index contributed by atoms with van der Waals surface area (Å²) in [7, 11) is 0. The summed E-state index contributed by atoms with van der Waals surface area (Å²) < 4.78 is 7.11. The maximum Gasteiger partial charge on any atom is 0.229 e. The molecule has 3 N–H and O–H groups in total. The molecule has 0 saturated carbocycles. The summed E-state index contributed by atoms with van der Waals surface area (Å²) in [6, 6.07) is 5.49. The van der Waals surface area contributed by atoms with Crippen LogP contribution in [0.2, 0.25) is 0 Å². The quantitative estimate of drug-likeness (QED) is 0.508. The number of anilines is 2. The van der Waals surface area contributed by atoms with Crippen LogP contribution in [0.15, 0.2) is 24.7 Å². The van der Waals surface area contributed by atoms with Crippen molar-refractivity contribution in [3.8, 4) is 11.9 Å². The van der Waals surface area contributed by atoms with Gasteiger partial charge in [-0.2, -0.15) is 15.2 Å². The number of nitrogen functional groups attached to an aromatic ring is 1. The van der Waals surface area contributed by atoms with Gasteiger partial charge in [0.1, 0.15) is 18.2 Å². The fourth-order valence-electron chi connectivity index (χ4n) is 2.66. The number of imidazole rings is 1. The number of hydrogen-bond donors (Lipinski definition) is 2. The topological polar surface area (TPSA) is 131 Å². The Bertz CT molecular complexity index is 938. The number of hydrogen-bond acceptors (Lipinski definition) is 9. The van der Waals surface area contributed by atoms with Crippen LogP contribution in [0.3, 0.4) is 0 Å². The molecule has 126 valence electrons. The Labute approximate surface area is 142 Å². The molecule has 1 saturated heterocycles. The second-order valence-corrected chi connectivity index (χ2v) is 5.42. The second kappa shape index (κ2) is 6.31. The van der Waals surface area contributed by atoms with Crippen molar-refractivity contribution in [2.24, 2.45) is 5.84 Å². The van der Waals surface area contributed by atoms with E-state index in [9.17, 15) is 0 Å². The van der Waals surface area contributed by atoms with Crippen molar-refractivity contribution in [2.75, 3.05) is 36.6 Å². The highest BCUT2D eigenvalue weighted by atomic mass is 16.5. The number of nitriles is 1. The summed E-state index contributed by atoms with van der Waals surface area (Å²) in [4.78, 5) is 19.8. The predicted octanol–water partition coefficient (Wildman–Crippen LogP) is 0.204. The fraction of sp³-hybridized carbons (Fsp3) is 0.267. The van der Waals surface area contributed by atoms with E-state index in [0.29, 0.717) is 60.6 Å². The molecule has 0 amide bonds. The Kier molecular flexibility index (Phi) is 3.85. The number of morpholine rings is 1. The summed E-state index contributed by atoms with van der Waals surface area (Å²) in [5.74, 6) is 7.22. The van der Waals surface area contributed by atoms with Gasteiger partial charge in [-0.25, -0.2) is 15.8 Å². The molecule has 1 aliphatic rings. The predicted molar refractivity (Wildman–Crippen MR) is 90.0 cm³/mol. The lowest BCUT2D eigenvalue weighted by Crippen LogP contribution is -2.37. The molecule has 0 aliphatic carbocycles. The fourth-order valence-corrected chi connectivity index (χ4v) is 2.66. The van der Waals surface area contributed by atoms with Gasteiger partial charge in [0, 0.05) is 19.3 Å². The van der Waals surface area contributed by atoms with Crippen LogP contribution in [-0.4, -0.2) is 50.8 Å². The van der Waals surface area contributed by atoms with Crippen molar-refractivity contribution in [1.29, 1.82) is 5.26 Å². The van der Waals surface area contributed by atoms with Crippen LogP contribution in [0.25, 0.3) is 17.0 Å². The highest BCUT2D eigenvalue weighted by molar-refractivity contribution is 5.85. The molecule has 0 atom stereocenters. The molecule has 1 aliphatic heterocycles. The maximum atomic E-state index is 8.91. The number of ether oxygens (including phenoxy) is 1. The number of fused-ring (bicyclic) bond motifs is 1. The summed E-state index contributed by atoms with van der Waals surface area (Å²) >= 11 is 0. The molecular formula is C15H15N9O. The molecule has 3 aromatic rings. The van der Waals surface area contributed by atoms with Gasteiger partial charge in [-0.3, -0.25) is 4.57 Å². The van der Waals surface area contributed by atoms with Gasteiger partial charge >= 0.3 is 0 Å². The Morgan fingerprint density at radius 3 is 2.72 bits per heavy atom. The van der Waals surface area contributed by atoms with Gasteiger partial charge in [-0.15, -0.1) is 0 Å². The van der Waals surface area contributed by atoms with Crippen LogP contribution in [-0.2, 0) is 4.74 Å². The molecule has 10 heteroatoms. The van der Waals surface area contributed by atoms with E-state index in [0.717, 1.165) is 0 Å². The van der Waals surface area contributed by atoms with Crippen LogP contribution >= 0.6 is 0 Å². The van der Waals surface area contributed by atoms with E-state index in [1.165, 1.54) is 6.20 Å². The molecule has 0 bridgehead atoms. The van der Waals surface area contributed by atoms with Crippen LogP contribution in [0, 0.1) is 11.3 Å². The number of rotatable bonds is 3. The molecule has 1 fully saturated rings. The van der Waals surface area contributed by atoms with Gasteiger partial charge < -0.3 is 15.1 Å². The first-order valence-electron chi connectivity index (χ1n) is 7.71. The summed E-state index contributed by atoms with van der Waals surface area (Å²) in [5, 5.41) is 8.91. The molecule has 0 aromatic carbocycles. The zero-order valence-corrected chi connectivity index (χ0v) is 13.3. The Morgan fingerprint density at radius 2 is 2.04 bits per heavy atom. The number of nitrogens with one attached hydrogen (secondary N) is 1. The normalized spacial score (nSPS) is 14.5. The van der Waals surface area contributed by atoms with Gasteiger partial charge in [-0.1, -0.05) is 0 Å². The molecular weight excluding hydrogens is 322 g/mol. The van der Waals surface area contributed by atoms with Crippen molar-refractivity contribution in [2.45, 2.75) is 0 Å². The van der Waals surface area contributed by atoms with E-state index in [2.05, 4.69) is 25.4 Å². The lowest BCUT2D eigenvalue weighted by atomic mass is 10.3. The molecule has 0 radical (unpaired) electrons. The highest BCUT2D eigenvalue weighted by Gasteiger charge is 2.19. The van der Waals surface area contributed by atoms with Crippen molar-refractivity contribution >= 4 is 22.9 Å². The average molecular weight is 337 g/mol. The summed E-state index contributed by atoms with van der Waals surface area (Å²) in [6.45, 7) is 2.67. The van der Waals surface area contributed by atoms with Crippen LogP contribution in [0.4, 0.5) is 11.8 Å². The van der Waals surface area contributed by atoms with E-state index >= 15 is 0 Å². The molecule has 0 spiro atoms. The first-order chi connectivity index (χ1) is 12.3. The van der Waals surface area contributed by atoms with Crippen molar-refractivity contribution in [1.82, 2.24) is 24.5 Å². The molecule has 3 aromatic heterocycles. The molecule has 0 unspecified atom stereocenters. The minimum absolute atomic E-state index is 0.443. The van der Waals surface area contributed by atoms with Crippen molar-refractivity contribution in [3.05, 3.63) is 30.2 Å². The van der Waals surface area contributed by atoms with E-state index in [-0.39, 0.29) is 0 Å². The van der Waals surface area contributed by atoms with Gasteiger partial charge in [0.2, 0.25) is 5.95 Å². The van der Waals surface area contributed by atoms with Gasteiger partial charge in [0.25, 0.3) is 0 Å². The number of nitrogens with zero attached hydrogens (tertiary/aromatic N) is 7. The standard InChI is InChI=1S/C15H15N9O/c16-7-10-1-2-11(18-8-10)24-9-19-12-13(22-17)20-15(21-14(12)24)23-3-5-25-6-4-23/h1-2,8-9H,3-6,17H2,(H,20,21,22). The van der Waals surface area contributed by atoms with Gasteiger partial charge in [-0.05, 0) is 12.1 Å². The van der Waals surface area contributed by atoms with Crippen molar-refractivity contribution in [3.63, 3.8) is 0 Å². The lowest BCUT2D eigenvalue weighted by Gasteiger charge is -2.27. The van der Waals surface area contributed by atoms with E-state index in [4.69, 9.17) is 15.8 Å². The van der Waals surface area contributed by atoms with Gasteiger partial charge in [0.05, 0.1) is 18.8 Å². The largest absolute Gasteiger partial charge is 0.378 e. The van der Waals surface area contributed by atoms with Gasteiger partial charge in [0.15, 0.2) is 17.0 Å². The summed E-state index contributed by atoms with van der Waals surface area (Å²) in [6.07, 6.45) is 3.12. The SMILES string of the molecule is N#Cc1ccc(-n2cnc3c(NN)nc(N4CCOCC4)nc32)nc1. The van der Waals surface area contributed by atoms with Crippen LogP contribution in [0.1, 0.15) is 5.56 Å². The zero-order chi connectivity index (χ0) is 17.2. The van der Waals surface area contributed by atoms with E-state index in [1.807, 2.05) is 11.0 Å².